The summed E-state index contributed by atoms with van der Waals surface area (Å²) in [6, 6.07) is 0.348. The summed E-state index contributed by atoms with van der Waals surface area (Å²) in [7, 11) is 0. The van der Waals surface area contributed by atoms with Crippen molar-refractivity contribution in [2.24, 2.45) is 5.92 Å². The van der Waals surface area contributed by atoms with E-state index >= 15 is 0 Å². The molecule has 0 aromatic carbocycles. The molecular formula is C10H16N4OS. The molecule has 1 N–H and O–H groups in total. The number of nitrogens with one attached hydrogen (secondary N) is 1. The smallest absolute Gasteiger partial charge is 0.221 e. The first-order chi connectivity index (χ1) is 7.78. The lowest BCUT2D eigenvalue weighted by Crippen LogP contribution is -2.45. The number of hydrogen-bond donors (Lipinski definition) is 2. The van der Waals surface area contributed by atoms with Crippen molar-refractivity contribution in [1.29, 1.82) is 0 Å². The standard InChI is InChI=1S/C10H16N4OS/c15-10(1-4-16)12-9-5-8(6-9)7-14-3-2-11-13-14/h2-3,8-9,16H,1,4-7H2,(H,12,15). The minimum Gasteiger partial charge on any atom is -0.353 e. The number of amides is 1. The topological polar surface area (TPSA) is 59.8 Å². The highest BCUT2D eigenvalue weighted by Gasteiger charge is 2.30. The average Bonchev–Trinajstić information content (AvgIpc) is 2.67. The second kappa shape index (κ2) is 5.34. The Morgan fingerprint density at radius 1 is 1.56 bits per heavy atom. The fraction of sp³-hybridized carbons (Fsp3) is 0.700. The molecule has 1 aliphatic rings. The van der Waals surface area contributed by atoms with Gasteiger partial charge in [-0.3, -0.25) is 9.48 Å². The van der Waals surface area contributed by atoms with Crippen molar-refractivity contribution < 1.29 is 4.79 Å². The molecule has 2 rings (SSSR count). The van der Waals surface area contributed by atoms with Crippen LogP contribution in [0.15, 0.2) is 12.4 Å². The van der Waals surface area contributed by atoms with E-state index in [1.807, 2.05) is 10.9 Å². The molecule has 0 saturated heterocycles. The fourth-order valence-corrected chi connectivity index (χ4v) is 2.20. The summed E-state index contributed by atoms with van der Waals surface area (Å²) in [5.74, 6) is 1.34. The number of rotatable bonds is 5. The Balaban J connectivity index is 1.64. The lowest BCUT2D eigenvalue weighted by molar-refractivity contribution is -0.122. The Morgan fingerprint density at radius 2 is 2.38 bits per heavy atom. The number of hydrogen-bond acceptors (Lipinski definition) is 4. The van der Waals surface area contributed by atoms with Crippen LogP contribution in [0, 0.1) is 5.92 Å². The quantitative estimate of drug-likeness (QED) is 0.737. The molecule has 0 bridgehead atoms. The van der Waals surface area contributed by atoms with Crippen LogP contribution in [-0.4, -0.2) is 32.7 Å². The lowest BCUT2D eigenvalue weighted by atomic mass is 9.80. The molecule has 1 aliphatic carbocycles. The predicted molar refractivity (Wildman–Crippen MR) is 63.1 cm³/mol. The summed E-state index contributed by atoms with van der Waals surface area (Å²) in [6.45, 7) is 0.902. The highest BCUT2D eigenvalue weighted by Crippen LogP contribution is 2.28. The number of thiol groups is 1. The van der Waals surface area contributed by atoms with Crippen molar-refractivity contribution in [3.05, 3.63) is 12.4 Å². The van der Waals surface area contributed by atoms with E-state index in [9.17, 15) is 4.79 Å². The molecule has 1 fully saturated rings. The molecule has 1 heterocycles. The van der Waals surface area contributed by atoms with Crippen LogP contribution >= 0.6 is 12.6 Å². The van der Waals surface area contributed by atoms with E-state index in [0.717, 1.165) is 19.4 Å². The van der Waals surface area contributed by atoms with Crippen LogP contribution in [-0.2, 0) is 11.3 Å². The van der Waals surface area contributed by atoms with E-state index in [0.29, 0.717) is 24.1 Å². The molecule has 1 amide bonds. The minimum absolute atomic E-state index is 0.110. The number of nitrogens with zero attached hydrogens (tertiary/aromatic N) is 3. The van der Waals surface area contributed by atoms with Crippen LogP contribution in [0.1, 0.15) is 19.3 Å². The van der Waals surface area contributed by atoms with E-state index in [1.54, 1.807) is 6.20 Å². The Kier molecular flexibility index (Phi) is 3.82. The van der Waals surface area contributed by atoms with Crippen molar-refractivity contribution in [3.63, 3.8) is 0 Å². The second-order valence-corrected chi connectivity index (χ2v) is 4.65. The monoisotopic (exact) mass is 240 g/mol. The van der Waals surface area contributed by atoms with Crippen molar-refractivity contribution >= 4 is 18.5 Å². The van der Waals surface area contributed by atoms with Crippen LogP contribution in [0.25, 0.3) is 0 Å². The summed E-state index contributed by atoms with van der Waals surface area (Å²) >= 11 is 4.03. The fourth-order valence-electron chi connectivity index (χ4n) is 2.00. The first kappa shape index (κ1) is 11.4. The van der Waals surface area contributed by atoms with Crippen LogP contribution in [0.3, 0.4) is 0 Å². The summed E-state index contributed by atoms with van der Waals surface area (Å²) in [6.07, 6.45) is 6.14. The summed E-state index contributed by atoms with van der Waals surface area (Å²) < 4.78 is 1.84. The first-order valence-electron chi connectivity index (χ1n) is 5.52. The lowest BCUT2D eigenvalue weighted by Gasteiger charge is -2.35. The highest BCUT2D eigenvalue weighted by molar-refractivity contribution is 7.80. The third-order valence-corrected chi connectivity index (χ3v) is 3.08. The van der Waals surface area contributed by atoms with Crippen LogP contribution < -0.4 is 5.32 Å². The van der Waals surface area contributed by atoms with Gasteiger partial charge >= 0.3 is 0 Å². The third kappa shape index (κ3) is 2.98. The van der Waals surface area contributed by atoms with Crippen LogP contribution in [0.4, 0.5) is 0 Å². The van der Waals surface area contributed by atoms with Gasteiger partial charge in [0.05, 0.1) is 6.20 Å². The largest absolute Gasteiger partial charge is 0.353 e. The minimum atomic E-state index is 0.110. The zero-order chi connectivity index (χ0) is 11.4. The van der Waals surface area contributed by atoms with Gasteiger partial charge in [-0.1, -0.05) is 5.21 Å². The van der Waals surface area contributed by atoms with Crippen molar-refractivity contribution in [1.82, 2.24) is 20.3 Å². The molecule has 5 nitrogen and oxygen atoms in total. The average molecular weight is 240 g/mol. The normalized spacial score (nSPS) is 23.8. The Morgan fingerprint density at radius 3 is 3.00 bits per heavy atom. The van der Waals surface area contributed by atoms with Gasteiger partial charge in [0.2, 0.25) is 5.91 Å². The predicted octanol–water partition coefficient (Wildman–Crippen LogP) is 0.493. The molecule has 88 valence electrons. The van der Waals surface area contributed by atoms with Crippen LogP contribution in [0.5, 0.6) is 0 Å². The molecule has 0 unspecified atom stereocenters. The summed E-state index contributed by atoms with van der Waals surface area (Å²) in [4.78, 5) is 11.3. The molecule has 0 atom stereocenters. The second-order valence-electron chi connectivity index (χ2n) is 4.20. The molecular weight excluding hydrogens is 224 g/mol. The van der Waals surface area contributed by atoms with Crippen molar-refractivity contribution in [2.75, 3.05) is 5.75 Å². The van der Waals surface area contributed by atoms with Crippen molar-refractivity contribution in [2.45, 2.75) is 31.8 Å². The molecule has 0 radical (unpaired) electrons. The Labute approximate surface area is 100 Å². The van der Waals surface area contributed by atoms with Crippen molar-refractivity contribution in [3.8, 4) is 0 Å². The Hall–Kier alpha value is -1.04. The van der Waals surface area contributed by atoms with Gasteiger partial charge in [0, 0.05) is 25.2 Å². The first-order valence-corrected chi connectivity index (χ1v) is 6.15. The van der Waals surface area contributed by atoms with Gasteiger partial charge in [0.15, 0.2) is 0 Å². The van der Waals surface area contributed by atoms with E-state index in [4.69, 9.17) is 0 Å². The summed E-state index contributed by atoms with van der Waals surface area (Å²) in [5, 5.41) is 10.7. The third-order valence-electron chi connectivity index (χ3n) is 2.86. The van der Waals surface area contributed by atoms with E-state index in [2.05, 4.69) is 28.3 Å². The van der Waals surface area contributed by atoms with Gasteiger partial charge in [-0.05, 0) is 24.5 Å². The zero-order valence-electron chi connectivity index (χ0n) is 9.04. The molecule has 6 heteroatoms. The molecule has 1 aromatic rings. The maximum Gasteiger partial charge on any atom is 0.221 e. The van der Waals surface area contributed by atoms with Gasteiger partial charge in [-0.2, -0.15) is 12.6 Å². The molecule has 0 aliphatic heterocycles. The molecule has 1 saturated carbocycles. The Bertz CT molecular complexity index is 335. The molecule has 1 aromatic heterocycles. The van der Waals surface area contributed by atoms with Gasteiger partial charge in [0.25, 0.3) is 0 Å². The van der Waals surface area contributed by atoms with E-state index in [-0.39, 0.29) is 5.91 Å². The van der Waals surface area contributed by atoms with Crippen LogP contribution in [0.2, 0.25) is 0 Å². The van der Waals surface area contributed by atoms with Gasteiger partial charge < -0.3 is 5.32 Å². The summed E-state index contributed by atoms with van der Waals surface area (Å²) in [5.41, 5.74) is 0. The number of aromatic nitrogens is 3. The van der Waals surface area contributed by atoms with E-state index < -0.39 is 0 Å². The zero-order valence-corrected chi connectivity index (χ0v) is 9.94. The molecule has 16 heavy (non-hydrogen) atoms. The van der Waals surface area contributed by atoms with Gasteiger partial charge in [-0.25, -0.2) is 0 Å². The van der Waals surface area contributed by atoms with Gasteiger partial charge in [-0.15, -0.1) is 5.10 Å². The highest BCUT2D eigenvalue weighted by atomic mass is 32.1. The van der Waals surface area contributed by atoms with Gasteiger partial charge in [0.1, 0.15) is 0 Å². The maximum absolute atomic E-state index is 11.3. The number of carbonyl (C=O) groups excluding carboxylic acids is 1. The number of carbonyl (C=O) groups is 1. The SMILES string of the molecule is O=C(CCS)NC1CC(Cn2ccnn2)C1. The van der Waals surface area contributed by atoms with E-state index in [1.165, 1.54) is 0 Å². The molecule has 0 spiro atoms. The maximum atomic E-state index is 11.3.